The second kappa shape index (κ2) is 4.62. The van der Waals surface area contributed by atoms with Crippen LogP contribution in [0.25, 0.3) is 0 Å². The zero-order valence-electron chi connectivity index (χ0n) is 8.89. The van der Waals surface area contributed by atoms with Crippen LogP contribution in [-0.4, -0.2) is 36.0 Å². The van der Waals surface area contributed by atoms with Gasteiger partial charge in [-0.05, 0) is 0 Å². The van der Waals surface area contributed by atoms with Gasteiger partial charge in [-0.15, -0.1) is 0 Å². The number of aromatic amines is 1. The molecule has 0 bridgehead atoms. The first-order valence-corrected chi connectivity index (χ1v) is 6.07. The third kappa shape index (κ3) is 3.04. The lowest BCUT2D eigenvalue weighted by molar-refractivity contribution is -0.135. The maximum absolute atomic E-state index is 11.5. The van der Waals surface area contributed by atoms with Gasteiger partial charge in [-0.1, -0.05) is 13.8 Å². The molecule has 1 rings (SSSR count). The highest BCUT2D eigenvalue weighted by atomic mass is 32.2. The Hall–Kier alpha value is -1.41. The van der Waals surface area contributed by atoms with Crippen molar-refractivity contribution in [3.05, 3.63) is 12.0 Å². The van der Waals surface area contributed by atoms with E-state index in [2.05, 4.69) is 9.97 Å². The van der Waals surface area contributed by atoms with Crippen LogP contribution in [0.3, 0.4) is 0 Å². The molecule has 8 heteroatoms. The fraction of sp³-hybridized carbons (Fsp3) is 0.500. The van der Waals surface area contributed by atoms with Crippen LogP contribution in [0.15, 0.2) is 11.2 Å². The quantitative estimate of drug-likeness (QED) is 0.672. The summed E-state index contributed by atoms with van der Waals surface area (Å²) in [7, 11) is -3.82. The first-order chi connectivity index (χ1) is 7.33. The van der Waals surface area contributed by atoms with E-state index in [4.69, 9.17) is 5.11 Å². The summed E-state index contributed by atoms with van der Waals surface area (Å²) in [6.45, 7) is 3.07. The summed E-state index contributed by atoms with van der Waals surface area (Å²) in [5.74, 6) is -0.633. The fourth-order valence-electron chi connectivity index (χ4n) is 0.983. The number of H-pyrrole nitrogens is 1. The second-order valence-corrected chi connectivity index (χ2v) is 5.24. The van der Waals surface area contributed by atoms with Crippen LogP contribution in [0.1, 0.15) is 25.6 Å². The second-order valence-electron chi connectivity index (χ2n) is 3.51. The fourth-order valence-corrected chi connectivity index (χ4v) is 1.88. The first-order valence-electron chi connectivity index (χ1n) is 4.59. The summed E-state index contributed by atoms with van der Waals surface area (Å²) in [6.07, 6.45) is 1.17. The topological polar surface area (TPSA) is 112 Å². The first kappa shape index (κ1) is 12.7. The monoisotopic (exact) mass is 247 g/mol. The van der Waals surface area contributed by atoms with Crippen molar-refractivity contribution in [2.75, 3.05) is 6.54 Å². The lowest BCUT2D eigenvalue weighted by Crippen LogP contribution is -2.29. The largest absolute Gasteiger partial charge is 0.480 e. The molecule has 0 aliphatic rings. The summed E-state index contributed by atoms with van der Waals surface area (Å²) >= 11 is 0. The van der Waals surface area contributed by atoms with Gasteiger partial charge in [0, 0.05) is 5.92 Å². The molecule has 0 spiro atoms. The van der Waals surface area contributed by atoms with Crippen LogP contribution in [0.2, 0.25) is 0 Å². The Kier molecular flexibility index (Phi) is 3.66. The van der Waals surface area contributed by atoms with E-state index >= 15 is 0 Å². The Bertz CT molecular complexity index is 477. The number of aliphatic carboxylic acids is 1. The third-order valence-electron chi connectivity index (χ3n) is 1.82. The molecule has 0 unspecified atom stereocenters. The zero-order valence-corrected chi connectivity index (χ0v) is 9.71. The van der Waals surface area contributed by atoms with Gasteiger partial charge in [0.25, 0.3) is 10.0 Å². The smallest absolute Gasteiger partial charge is 0.318 e. The van der Waals surface area contributed by atoms with Gasteiger partial charge in [-0.25, -0.2) is 13.4 Å². The summed E-state index contributed by atoms with van der Waals surface area (Å²) in [4.78, 5) is 16.7. The molecule has 0 saturated carbocycles. The van der Waals surface area contributed by atoms with E-state index < -0.39 is 22.5 Å². The molecule has 0 saturated heterocycles. The van der Waals surface area contributed by atoms with Gasteiger partial charge < -0.3 is 10.1 Å². The number of nitrogens with zero attached hydrogens (tertiary/aromatic N) is 1. The molecule has 0 aromatic carbocycles. The van der Waals surface area contributed by atoms with Crippen molar-refractivity contribution in [1.29, 1.82) is 0 Å². The van der Waals surface area contributed by atoms with Gasteiger partial charge in [0.15, 0.2) is 5.03 Å². The normalized spacial score (nSPS) is 11.9. The third-order valence-corrected chi connectivity index (χ3v) is 3.13. The van der Waals surface area contributed by atoms with Gasteiger partial charge in [0.05, 0.1) is 6.20 Å². The molecule has 0 atom stereocenters. The molecule has 1 aromatic heterocycles. The number of aromatic nitrogens is 2. The molecule has 0 fully saturated rings. The van der Waals surface area contributed by atoms with E-state index in [1.54, 1.807) is 0 Å². The van der Waals surface area contributed by atoms with Gasteiger partial charge in [0.2, 0.25) is 0 Å². The van der Waals surface area contributed by atoms with Crippen LogP contribution in [0.4, 0.5) is 0 Å². The highest BCUT2D eigenvalue weighted by molar-refractivity contribution is 7.89. The van der Waals surface area contributed by atoms with Gasteiger partial charge in [0.1, 0.15) is 12.4 Å². The Morgan fingerprint density at radius 1 is 1.62 bits per heavy atom. The van der Waals surface area contributed by atoms with Gasteiger partial charge in [-0.3, -0.25) is 4.79 Å². The van der Waals surface area contributed by atoms with Gasteiger partial charge >= 0.3 is 5.97 Å². The van der Waals surface area contributed by atoms with E-state index in [9.17, 15) is 13.2 Å². The summed E-state index contributed by atoms with van der Waals surface area (Å²) < 4.78 is 25.0. The highest BCUT2D eigenvalue weighted by Gasteiger charge is 2.18. The van der Waals surface area contributed by atoms with E-state index in [1.165, 1.54) is 6.20 Å². The molecule has 0 aliphatic carbocycles. The number of carboxylic acids is 1. The lowest BCUT2D eigenvalue weighted by Gasteiger charge is -2.01. The average Bonchev–Trinajstić information content (AvgIpc) is 2.64. The number of carbonyl (C=O) groups is 1. The Morgan fingerprint density at radius 2 is 2.25 bits per heavy atom. The van der Waals surface area contributed by atoms with Crippen molar-refractivity contribution in [1.82, 2.24) is 14.7 Å². The van der Waals surface area contributed by atoms with Crippen molar-refractivity contribution in [2.24, 2.45) is 0 Å². The predicted molar refractivity (Wildman–Crippen MR) is 55.5 cm³/mol. The maximum Gasteiger partial charge on any atom is 0.318 e. The molecule has 3 N–H and O–H groups in total. The summed E-state index contributed by atoms with van der Waals surface area (Å²) in [6, 6.07) is 0. The van der Waals surface area contributed by atoms with E-state index in [1.807, 2.05) is 18.6 Å². The molecular formula is C8H13N3O4S. The minimum absolute atomic E-state index is 0.0726. The molecule has 1 aromatic rings. The summed E-state index contributed by atoms with van der Waals surface area (Å²) in [5.41, 5.74) is 0. The molecule has 1 heterocycles. The Balaban J connectivity index is 2.86. The summed E-state index contributed by atoms with van der Waals surface area (Å²) in [5, 5.41) is 8.24. The lowest BCUT2D eigenvalue weighted by atomic mass is 10.2. The number of hydrogen-bond acceptors (Lipinski definition) is 4. The molecule has 7 nitrogen and oxygen atoms in total. The SMILES string of the molecule is CC(C)c1ncc(S(=O)(=O)NCC(=O)O)[nH]1. The van der Waals surface area contributed by atoms with E-state index in [0.717, 1.165) is 0 Å². The molecule has 90 valence electrons. The van der Waals surface area contributed by atoms with Crippen LogP contribution in [0, 0.1) is 0 Å². The number of nitrogens with one attached hydrogen (secondary N) is 2. The van der Waals surface area contributed by atoms with Crippen LogP contribution >= 0.6 is 0 Å². The maximum atomic E-state index is 11.5. The number of sulfonamides is 1. The Morgan fingerprint density at radius 3 is 2.69 bits per heavy atom. The minimum Gasteiger partial charge on any atom is -0.480 e. The van der Waals surface area contributed by atoms with Crippen LogP contribution in [-0.2, 0) is 14.8 Å². The minimum atomic E-state index is -3.82. The highest BCUT2D eigenvalue weighted by Crippen LogP contribution is 2.12. The number of rotatable bonds is 5. The van der Waals surface area contributed by atoms with Gasteiger partial charge in [-0.2, -0.15) is 4.72 Å². The molecular weight excluding hydrogens is 234 g/mol. The molecule has 0 radical (unpaired) electrons. The predicted octanol–water partition coefficient (Wildman–Crippen LogP) is -0.104. The van der Waals surface area contributed by atoms with E-state index in [0.29, 0.717) is 5.82 Å². The number of carboxylic acid groups (broad SMARTS) is 1. The Labute approximate surface area is 93.0 Å². The zero-order chi connectivity index (χ0) is 12.3. The number of hydrogen-bond donors (Lipinski definition) is 3. The standard InChI is InChI=1S/C8H13N3O4S/c1-5(2)8-9-3-6(11-8)16(14,15)10-4-7(12)13/h3,5,10H,4H2,1-2H3,(H,9,11)(H,12,13). The van der Waals surface area contributed by atoms with Crippen LogP contribution in [0.5, 0.6) is 0 Å². The average molecular weight is 247 g/mol. The van der Waals surface area contributed by atoms with Crippen LogP contribution < -0.4 is 4.72 Å². The molecule has 0 amide bonds. The van der Waals surface area contributed by atoms with E-state index in [-0.39, 0.29) is 10.9 Å². The molecule has 0 aliphatic heterocycles. The van der Waals surface area contributed by atoms with Crippen molar-refractivity contribution in [2.45, 2.75) is 24.8 Å². The van der Waals surface area contributed by atoms with Crippen molar-refractivity contribution >= 4 is 16.0 Å². The van der Waals surface area contributed by atoms with Crippen molar-refractivity contribution in [3.8, 4) is 0 Å². The van der Waals surface area contributed by atoms with Crippen molar-refractivity contribution < 1.29 is 18.3 Å². The van der Waals surface area contributed by atoms with Crippen molar-refractivity contribution in [3.63, 3.8) is 0 Å². The molecule has 16 heavy (non-hydrogen) atoms. The number of imidazole rings is 1.